The Balaban J connectivity index is 1.49. The molecule has 0 aliphatic heterocycles. The Bertz CT molecular complexity index is 964. The number of hydroxylamine groups is 1. The molecule has 25 heavy (non-hydrogen) atoms. The maximum absolute atomic E-state index is 12.5. The van der Waals surface area contributed by atoms with E-state index in [4.69, 9.17) is 4.84 Å². The van der Waals surface area contributed by atoms with E-state index in [1.54, 1.807) is 18.2 Å². The SMILES string of the molecule is O=C(NOCc1ccccc1)c1ccc2c(c1)C(=O)c1ccccc1-2. The van der Waals surface area contributed by atoms with Crippen molar-refractivity contribution < 1.29 is 14.4 Å². The van der Waals surface area contributed by atoms with E-state index >= 15 is 0 Å². The van der Waals surface area contributed by atoms with E-state index < -0.39 is 0 Å². The summed E-state index contributed by atoms with van der Waals surface area (Å²) in [5.41, 5.74) is 6.79. The molecule has 3 aromatic rings. The number of hydrogen-bond donors (Lipinski definition) is 1. The molecule has 0 atom stereocenters. The van der Waals surface area contributed by atoms with Crippen molar-refractivity contribution in [2.75, 3.05) is 0 Å². The van der Waals surface area contributed by atoms with Gasteiger partial charge in [0.1, 0.15) is 0 Å². The van der Waals surface area contributed by atoms with Gasteiger partial charge in [0, 0.05) is 16.7 Å². The zero-order valence-electron chi connectivity index (χ0n) is 13.4. The molecule has 0 fully saturated rings. The number of carbonyl (C=O) groups is 2. The fourth-order valence-corrected chi connectivity index (χ4v) is 2.99. The molecule has 3 aromatic carbocycles. The normalized spacial score (nSPS) is 11.8. The number of benzene rings is 3. The standard InChI is InChI=1S/C21H15NO3/c23-20-18-9-5-4-8-16(18)17-11-10-15(12-19(17)20)21(24)22-25-13-14-6-2-1-3-7-14/h1-12H,13H2,(H,22,24). The summed E-state index contributed by atoms with van der Waals surface area (Å²) in [7, 11) is 0. The van der Waals surface area contributed by atoms with Crippen LogP contribution >= 0.6 is 0 Å². The molecule has 0 aromatic heterocycles. The van der Waals surface area contributed by atoms with E-state index in [-0.39, 0.29) is 18.3 Å². The molecule has 1 aliphatic rings. The largest absolute Gasteiger partial charge is 0.289 e. The summed E-state index contributed by atoms with van der Waals surface area (Å²) < 4.78 is 0. The third-order valence-electron chi connectivity index (χ3n) is 4.23. The van der Waals surface area contributed by atoms with Gasteiger partial charge in [-0.1, -0.05) is 60.7 Å². The third-order valence-corrected chi connectivity index (χ3v) is 4.23. The van der Waals surface area contributed by atoms with Crippen molar-refractivity contribution in [1.82, 2.24) is 5.48 Å². The molecule has 0 heterocycles. The number of carbonyl (C=O) groups excluding carboxylic acids is 2. The van der Waals surface area contributed by atoms with Gasteiger partial charge in [0.2, 0.25) is 0 Å². The molecule has 0 spiro atoms. The second-order valence-corrected chi connectivity index (χ2v) is 5.84. The van der Waals surface area contributed by atoms with Crippen LogP contribution in [0.25, 0.3) is 11.1 Å². The molecule has 1 aliphatic carbocycles. The summed E-state index contributed by atoms with van der Waals surface area (Å²) in [5.74, 6) is -0.423. The summed E-state index contributed by atoms with van der Waals surface area (Å²) in [6, 6.07) is 22.2. The summed E-state index contributed by atoms with van der Waals surface area (Å²) in [4.78, 5) is 30.0. The van der Waals surface area contributed by atoms with Crippen molar-refractivity contribution in [3.05, 3.63) is 95.1 Å². The Morgan fingerprint density at radius 2 is 1.48 bits per heavy atom. The van der Waals surface area contributed by atoms with Gasteiger partial charge in [0.25, 0.3) is 5.91 Å². The van der Waals surface area contributed by atoms with Gasteiger partial charge in [-0.25, -0.2) is 5.48 Å². The topological polar surface area (TPSA) is 55.4 Å². The Kier molecular flexibility index (Phi) is 3.88. The highest BCUT2D eigenvalue weighted by molar-refractivity contribution is 6.22. The molecule has 0 saturated carbocycles. The Morgan fingerprint density at radius 1 is 0.800 bits per heavy atom. The number of fused-ring (bicyclic) bond motifs is 3. The fourth-order valence-electron chi connectivity index (χ4n) is 2.99. The number of hydrogen-bond acceptors (Lipinski definition) is 3. The van der Waals surface area contributed by atoms with Crippen molar-refractivity contribution in [3.8, 4) is 11.1 Å². The molecular formula is C21H15NO3. The number of nitrogens with one attached hydrogen (secondary N) is 1. The molecule has 4 heteroatoms. The van der Waals surface area contributed by atoms with Crippen molar-refractivity contribution >= 4 is 11.7 Å². The van der Waals surface area contributed by atoms with E-state index in [9.17, 15) is 9.59 Å². The van der Waals surface area contributed by atoms with Gasteiger partial charge in [-0.15, -0.1) is 0 Å². The molecule has 1 amide bonds. The van der Waals surface area contributed by atoms with E-state index in [2.05, 4.69) is 5.48 Å². The van der Waals surface area contributed by atoms with Crippen LogP contribution in [0, 0.1) is 0 Å². The van der Waals surface area contributed by atoms with Crippen LogP contribution in [0.1, 0.15) is 31.8 Å². The average molecular weight is 329 g/mol. The van der Waals surface area contributed by atoms with Crippen LogP contribution in [0.15, 0.2) is 72.8 Å². The van der Waals surface area contributed by atoms with Crippen LogP contribution in [0.3, 0.4) is 0 Å². The minimum atomic E-state index is -0.373. The molecule has 1 N–H and O–H groups in total. The first kappa shape index (κ1) is 15.3. The predicted molar refractivity (Wildman–Crippen MR) is 94.0 cm³/mol. The van der Waals surface area contributed by atoms with Gasteiger partial charge in [0.05, 0.1) is 6.61 Å². The van der Waals surface area contributed by atoms with Gasteiger partial charge in [-0.2, -0.15) is 0 Å². The van der Waals surface area contributed by atoms with Gasteiger partial charge in [-0.05, 0) is 28.8 Å². The molecule has 0 saturated heterocycles. The molecule has 4 nitrogen and oxygen atoms in total. The molecular weight excluding hydrogens is 314 g/mol. The first-order chi connectivity index (χ1) is 12.2. The lowest BCUT2D eigenvalue weighted by Crippen LogP contribution is -2.23. The lowest BCUT2D eigenvalue weighted by molar-refractivity contribution is 0.0233. The summed E-state index contributed by atoms with van der Waals surface area (Å²) in [6.45, 7) is 0.280. The van der Waals surface area contributed by atoms with Crippen molar-refractivity contribution in [2.45, 2.75) is 6.61 Å². The molecule has 0 bridgehead atoms. The van der Waals surface area contributed by atoms with Gasteiger partial charge in [0.15, 0.2) is 5.78 Å². The maximum atomic E-state index is 12.5. The Labute approximate surface area is 145 Å². The Hall–Kier alpha value is -3.24. The van der Waals surface area contributed by atoms with E-state index in [0.29, 0.717) is 16.7 Å². The zero-order chi connectivity index (χ0) is 17.2. The van der Waals surface area contributed by atoms with Crippen molar-refractivity contribution in [2.24, 2.45) is 0 Å². The molecule has 0 radical (unpaired) electrons. The van der Waals surface area contributed by atoms with E-state index in [1.807, 2.05) is 54.6 Å². The summed E-state index contributed by atoms with van der Waals surface area (Å²) in [6.07, 6.45) is 0. The zero-order valence-corrected chi connectivity index (χ0v) is 13.4. The molecule has 0 unspecified atom stereocenters. The second-order valence-electron chi connectivity index (χ2n) is 5.84. The lowest BCUT2D eigenvalue weighted by atomic mass is 10.0. The first-order valence-corrected chi connectivity index (χ1v) is 7.98. The number of ketones is 1. The minimum Gasteiger partial charge on any atom is -0.289 e. The van der Waals surface area contributed by atoms with Gasteiger partial charge >= 0.3 is 0 Å². The number of rotatable bonds is 4. The van der Waals surface area contributed by atoms with E-state index in [1.165, 1.54) is 0 Å². The van der Waals surface area contributed by atoms with Crippen LogP contribution in [0.5, 0.6) is 0 Å². The van der Waals surface area contributed by atoms with Crippen molar-refractivity contribution in [3.63, 3.8) is 0 Å². The highest BCUT2D eigenvalue weighted by Crippen LogP contribution is 2.36. The molecule has 122 valence electrons. The van der Waals surface area contributed by atoms with Crippen LogP contribution < -0.4 is 5.48 Å². The second kappa shape index (κ2) is 6.34. The summed E-state index contributed by atoms with van der Waals surface area (Å²) >= 11 is 0. The maximum Gasteiger partial charge on any atom is 0.274 e. The van der Waals surface area contributed by atoms with Crippen LogP contribution in [0.4, 0.5) is 0 Å². The lowest BCUT2D eigenvalue weighted by Gasteiger charge is -2.07. The fraction of sp³-hybridized carbons (Fsp3) is 0.0476. The quantitative estimate of drug-likeness (QED) is 0.580. The Morgan fingerprint density at radius 3 is 2.28 bits per heavy atom. The van der Waals surface area contributed by atoms with Crippen molar-refractivity contribution in [1.29, 1.82) is 0 Å². The van der Waals surface area contributed by atoms with Crippen LogP contribution in [-0.4, -0.2) is 11.7 Å². The van der Waals surface area contributed by atoms with Crippen LogP contribution in [-0.2, 0) is 11.4 Å². The highest BCUT2D eigenvalue weighted by Gasteiger charge is 2.26. The van der Waals surface area contributed by atoms with Gasteiger partial charge < -0.3 is 0 Å². The summed E-state index contributed by atoms with van der Waals surface area (Å²) in [5, 5.41) is 0. The van der Waals surface area contributed by atoms with E-state index in [0.717, 1.165) is 16.7 Å². The highest BCUT2D eigenvalue weighted by atomic mass is 16.6. The third kappa shape index (κ3) is 2.84. The van der Waals surface area contributed by atoms with Crippen LogP contribution in [0.2, 0.25) is 0 Å². The molecule has 4 rings (SSSR count). The monoisotopic (exact) mass is 329 g/mol. The average Bonchev–Trinajstić information content (AvgIpc) is 2.95. The smallest absolute Gasteiger partial charge is 0.274 e. The first-order valence-electron chi connectivity index (χ1n) is 7.98. The minimum absolute atomic E-state index is 0.0505. The predicted octanol–water partition coefficient (Wildman–Crippen LogP) is 3.76. The van der Waals surface area contributed by atoms with Gasteiger partial charge in [-0.3, -0.25) is 14.4 Å². The number of amides is 1.